The molecule has 0 aliphatic heterocycles. The van der Waals surface area contributed by atoms with E-state index in [2.05, 4.69) is 21.9 Å². The van der Waals surface area contributed by atoms with Gasteiger partial charge in [0.05, 0.1) is 6.54 Å². The fourth-order valence-electron chi connectivity index (χ4n) is 2.54. The van der Waals surface area contributed by atoms with Gasteiger partial charge >= 0.3 is 11.1 Å². The molecule has 7 nitrogen and oxygen atoms in total. The Balaban J connectivity index is 2.12. The fourth-order valence-corrected chi connectivity index (χ4v) is 3.47. The predicted octanol–water partition coefficient (Wildman–Crippen LogP) is 2.31. The summed E-state index contributed by atoms with van der Waals surface area (Å²) in [5, 5.41) is 0.507. The van der Waals surface area contributed by atoms with Crippen LogP contribution in [0.15, 0.2) is 39.0 Å². The topological polar surface area (TPSA) is 107 Å². The first-order valence-electron chi connectivity index (χ1n) is 8.48. The highest BCUT2D eigenvalue weighted by molar-refractivity contribution is 7.99. The summed E-state index contributed by atoms with van der Waals surface area (Å²) in [6, 6.07) is 7.78. The number of nitrogens with zero attached hydrogens (tertiary/aromatic N) is 3. The number of nitrogen functional groups attached to an aromatic ring is 1. The lowest BCUT2D eigenvalue weighted by Gasteiger charge is -2.11. The van der Waals surface area contributed by atoms with Gasteiger partial charge in [0.1, 0.15) is 5.52 Å². The van der Waals surface area contributed by atoms with Gasteiger partial charge in [0.25, 0.3) is 0 Å². The Morgan fingerprint density at radius 1 is 1.19 bits per heavy atom. The lowest BCUT2D eigenvalue weighted by atomic mass is 10.1. The molecule has 8 heteroatoms. The lowest BCUT2D eigenvalue weighted by Crippen LogP contribution is -2.37. The molecule has 0 fully saturated rings. The minimum atomic E-state index is -0.730. The number of fused-ring (bicyclic) bond motifs is 1. The third-order valence-electron chi connectivity index (χ3n) is 4.02. The van der Waals surface area contributed by atoms with E-state index in [-0.39, 0.29) is 12.4 Å². The molecule has 3 aromatic rings. The zero-order valence-corrected chi connectivity index (χ0v) is 15.6. The zero-order chi connectivity index (χ0) is 18.7. The third kappa shape index (κ3) is 3.80. The van der Waals surface area contributed by atoms with Crippen molar-refractivity contribution < 1.29 is 0 Å². The van der Waals surface area contributed by atoms with Gasteiger partial charge in [-0.3, -0.25) is 14.2 Å². The van der Waals surface area contributed by atoms with Crippen LogP contribution in [0.3, 0.4) is 0 Å². The number of unbranched alkanes of at least 4 members (excludes halogenated alkanes) is 1. The highest BCUT2D eigenvalue weighted by Crippen LogP contribution is 2.21. The molecule has 3 N–H and O–H groups in total. The largest absolute Gasteiger partial charge is 0.382 e. The Labute approximate surface area is 154 Å². The van der Waals surface area contributed by atoms with E-state index in [9.17, 15) is 9.59 Å². The molecule has 26 heavy (non-hydrogen) atoms. The molecule has 1 aromatic carbocycles. The van der Waals surface area contributed by atoms with Crippen LogP contribution in [0.2, 0.25) is 0 Å². The number of benzene rings is 1. The van der Waals surface area contributed by atoms with E-state index in [0.29, 0.717) is 16.3 Å². The molecule has 0 saturated carbocycles. The number of nitrogens with one attached hydrogen (secondary N) is 1. The second-order valence-corrected chi connectivity index (χ2v) is 7.19. The van der Waals surface area contributed by atoms with E-state index in [4.69, 9.17) is 5.73 Å². The number of nitrogens with two attached hydrogens (primary N) is 1. The maximum atomic E-state index is 12.4. The molecule has 0 saturated heterocycles. The molecule has 2 heterocycles. The van der Waals surface area contributed by atoms with Gasteiger partial charge in [-0.1, -0.05) is 54.9 Å². The second-order valence-electron chi connectivity index (χ2n) is 6.12. The molecule has 0 aliphatic carbocycles. The molecule has 0 unspecified atom stereocenters. The van der Waals surface area contributed by atoms with Crippen LogP contribution in [-0.2, 0) is 6.54 Å². The minimum Gasteiger partial charge on any atom is -0.382 e. The number of hydrogen-bond donors (Lipinski definition) is 2. The summed E-state index contributed by atoms with van der Waals surface area (Å²) in [5.41, 5.74) is 7.30. The van der Waals surface area contributed by atoms with Gasteiger partial charge in [-0.05, 0) is 18.9 Å². The molecule has 0 spiro atoms. The van der Waals surface area contributed by atoms with Gasteiger partial charge < -0.3 is 10.7 Å². The van der Waals surface area contributed by atoms with Crippen LogP contribution in [0.4, 0.5) is 5.82 Å². The maximum Gasteiger partial charge on any atom is 0.318 e. The van der Waals surface area contributed by atoms with Crippen molar-refractivity contribution in [3.8, 4) is 0 Å². The fraction of sp³-hybridized carbons (Fsp3) is 0.333. The summed E-state index contributed by atoms with van der Waals surface area (Å²) in [5.74, 6) is 1.04. The number of aryl methyl sites for hydroxylation is 1. The van der Waals surface area contributed by atoms with Crippen molar-refractivity contribution >= 4 is 28.7 Å². The van der Waals surface area contributed by atoms with Crippen LogP contribution >= 0.6 is 11.8 Å². The van der Waals surface area contributed by atoms with Crippen LogP contribution in [0, 0.1) is 6.92 Å². The van der Waals surface area contributed by atoms with E-state index in [1.165, 1.54) is 16.3 Å². The van der Waals surface area contributed by atoms with E-state index in [0.717, 1.165) is 29.7 Å². The van der Waals surface area contributed by atoms with Crippen molar-refractivity contribution in [3.05, 3.63) is 56.1 Å². The number of H-pyrrole nitrogens is 1. The molecule has 0 aliphatic rings. The molecule has 0 atom stereocenters. The number of anilines is 1. The quantitative estimate of drug-likeness (QED) is 0.298. The minimum absolute atomic E-state index is 0.170. The Morgan fingerprint density at radius 3 is 2.62 bits per heavy atom. The van der Waals surface area contributed by atoms with Crippen molar-refractivity contribution in [2.75, 3.05) is 11.5 Å². The SMILES string of the molecule is CCCCSc1nc(N)c2[nH]c(=O)c(=O)n(Cc3ccc(C)cc3)c2n1. The predicted molar refractivity (Wildman–Crippen MR) is 105 cm³/mol. The van der Waals surface area contributed by atoms with Gasteiger partial charge in [-0.2, -0.15) is 0 Å². The molecule has 0 radical (unpaired) electrons. The number of rotatable bonds is 6. The van der Waals surface area contributed by atoms with Crippen LogP contribution in [-0.4, -0.2) is 25.3 Å². The maximum absolute atomic E-state index is 12.4. The van der Waals surface area contributed by atoms with E-state index in [1.807, 2.05) is 31.2 Å². The Morgan fingerprint density at radius 2 is 1.92 bits per heavy atom. The summed E-state index contributed by atoms with van der Waals surface area (Å²) < 4.78 is 1.36. The molecule has 136 valence electrons. The van der Waals surface area contributed by atoms with E-state index >= 15 is 0 Å². The first kappa shape index (κ1) is 18.2. The Hall–Kier alpha value is -2.61. The van der Waals surface area contributed by atoms with E-state index < -0.39 is 11.1 Å². The van der Waals surface area contributed by atoms with Crippen molar-refractivity contribution in [2.24, 2.45) is 0 Å². The van der Waals surface area contributed by atoms with Crippen molar-refractivity contribution in [3.63, 3.8) is 0 Å². The monoisotopic (exact) mass is 371 g/mol. The van der Waals surface area contributed by atoms with Crippen LogP contribution in [0.1, 0.15) is 30.9 Å². The smallest absolute Gasteiger partial charge is 0.318 e. The second kappa shape index (κ2) is 7.74. The molecule has 0 amide bonds. The van der Waals surface area contributed by atoms with Gasteiger partial charge in [0.15, 0.2) is 16.6 Å². The zero-order valence-electron chi connectivity index (χ0n) is 14.8. The van der Waals surface area contributed by atoms with Gasteiger partial charge in [0.2, 0.25) is 0 Å². The number of aromatic amines is 1. The summed E-state index contributed by atoms with van der Waals surface area (Å²) in [6.45, 7) is 4.35. The highest BCUT2D eigenvalue weighted by Gasteiger charge is 2.14. The van der Waals surface area contributed by atoms with E-state index in [1.54, 1.807) is 0 Å². The average Bonchev–Trinajstić information content (AvgIpc) is 2.62. The molecular weight excluding hydrogens is 350 g/mol. The molecule has 0 bridgehead atoms. The average molecular weight is 371 g/mol. The van der Waals surface area contributed by atoms with Crippen LogP contribution in [0.5, 0.6) is 0 Å². The Kier molecular flexibility index (Phi) is 5.41. The van der Waals surface area contributed by atoms with Crippen molar-refractivity contribution in [1.29, 1.82) is 0 Å². The van der Waals surface area contributed by atoms with Crippen molar-refractivity contribution in [1.82, 2.24) is 19.5 Å². The van der Waals surface area contributed by atoms with Gasteiger partial charge in [-0.15, -0.1) is 0 Å². The van der Waals surface area contributed by atoms with Crippen LogP contribution in [0.25, 0.3) is 11.2 Å². The van der Waals surface area contributed by atoms with Gasteiger partial charge in [0, 0.05) is 5.75 Å². The molecule has 3 rings (SSSR count). The summed E-state index contributed by atoms with van der Waals surface area (Å²) in [6.07, 6.45) is 2.11. The standard InChI is InChI=1S/C18H21N5O2S/c1-3-4-9-26-18-21-14(19)13-15(22-18)23(17(25)16(24)20-13)10-12-7-5-11(2)6-8-12/h5-8H,3-4,9-10H2,1-2H3,(H,20,24)(H2,19,21,22). The normalized spacial score (nSPS) is 11.2. The summed E-state index contributed by atoms with van der Waals surface area (Å²) >= 11 is 1.49. The van der Waals surface area contributed by atoms with Crippen LogP contribution < -0.4 is 16.9 Å². The van der Waals surface area contributed by atoms with Crippen molar-refractivity contribution in [2.45, 2.75) is 38.4 Å². The number of hydrogen-bond acceptors (Lipinski definition) is 6. The molecular formula is C18H21N5O2S. The summed E-state index contributed by atoms with van der Waals surface area (Å²) in [4.78, 5) is 35.7. The lowest BCUT2D eigenvalue weighted by molar-refractivity contribution is 0.754. The number of thioether (sulfide) groups is 1. The summed E-state index contributed by atoms with van der Waals surface area (Å²) in [7, 11) is 0. The first-order chi connectivity index (χ1) is 12.5. The Bertz CT molecular complexity index is 1040. The van der Waals surface area contributed by atoms with Gasteiger partial charge in [-0.25, -0.2) is 9.97 Å². The first-order valence-corrected chi connectivity index (χ1v) is 9.47. The third-order valence-corrected chi connectivity index (χ3v) is 4.95. The highest BCUT2D eigenvalue weighted by atomic mass is 32.2. The number of aromatic nitrogens is 4. The molecule has 2 aromatic heterocycles.